The quantitative estimate of drug-likeness (QED) is 0.507. The molecule has 48 valence electrons. The molecule has 0 bridgehead atoms. The van der Waals surface area contributed by atoms with Crippen LogP contribution in [0, 0.1) is 0 Å². The zero-order valence-electron chi connectivity index (χ0n) is 5.35. The zero-order chi connectivity index (χ0) is 5.98. The topological polar surface area (TPSA) is 38.0 Å². The molecule has 8 heavy (non-hydrogen) atoms. The lowest BCUT2D eigenvalue weighted by Gasteiger charge is -2.12. The smallest absolute Gasteiger partial charge is 0.0216 e. The Bertz CT molecular complexity index is 64.9. The summed E-state index contributed by atoms with van der Waals surface area (Å²) in [6.45, 7) is 3.22. The molecule has 3 N–H and O–H groups in total. The third-order valence-electron chi connectivity index (χ3n) is 1.73. The van der Waals surface area contributed by atoms with Crippen molar-refractivity contribution in [1.29, 1.82) is 0 Å². The van der Waals surface area contributed by atoms with E-state index >= 15 is 0 Å². The van der Waals surface area contributed by atoms with E-state index in [0.29, 0.717) is 12.1 Å². The summed E-state index contributed by atoms with van der Waals surface area (Å²) in [7, 11) is 0. The van der Waals surface area contributed by atoms with Gasteiger partial charge in [-0.05, 0) is 26.3 Å². The highest BCUT2D eigenvalue weighted by Crippen LogP contribution is 2.06. The molecule has 1 fully saturated rings. The minimum absolute atomic E-state index is 0.331. The Morgan fingerprint density at radius 1 is 1.75 bits per heavy atom. The van der Waals surface area contributed by atoms with Crippen molar-refractivity contribution in [1.82, 2.24) is 5.32 Å². The van der Waals surface area contributed by atoms with Gasteiger partial charge in [0.2, 0.25) is 0 Å². The highest BCUT2D eigenvalue weighted by Gasteiger charge is 2.16. The molecule has 0 aromatic carbocycles. The second kappa shape index (κ2) is 2.46. The monoisotopic (exact) mass is 114 g/mol. The van der Waals surface area contributed by atoms with Crippen LogP contribution in [0.2, 0.25) is 0 Å². The predicted molar refractivity (Wildman–Crippen MR) is 34.7 cm³/mol. The van der Waals surface area contributed by atoms with E-state index in [1.165, 1.54) is 12.8 Å². The lowest BCUT2D eigenvalue weighted by Crippen LogP contribution is -2.38. The van der Waals surface area contributed by atoms with E-state index in [-0.39, 0.29) is 0 Å². The highest BCUT2D eigenvalue weighted by atomic mass is 15.0. The molecular formula is C6H14N2. The van der Waals surface area contributed by atoms with E-state index in [9.17, 15) is 0 Å². The summed E-state index contributed by atoms with van der Waals surface area (Å²) in [5, 5.41) is 3.33. The van der Waals surface area contributed by atoms with Gasteiger partial charge in [-0.3, -0.25) is 0 Å². The second-order valence-corrected chi connectivity index (χ2v) is 2.56. The Morgan fingerprint density at radius 2 is 2.50 bits per heavy atom. The standard InChI is InChI=1S/C6H14N2/c1-5(7)6-3-2-4-8-6/h5-6,8H,2-4,7H2,1H3/t5-,6-/m1/s1. The number of hydrogen-bond donors (Lipinski definition) is 2. The summed E-state index contributed by atoms with van der Waals surface area (Å²) in [4.78, 5) is 0. The minimum atomic E-state index is 0.331. The molecule has 1 aliphatic heterocycles. The van der Waals surface area contributed by atoms with Crippen LogP contribution in [0.5, 0.6) is 0 Å². The van der Waals surface area contributed by atoms with Crippen molar-refractivity contribution >= 4 is 0 Å². The van der Waals surface area contributed by atoms with E-state index < -0.39 is 0 Å². The van der Waals surface area contributed by atoms with Crippen LogP contribution in [0.4, 0.5) is 0 Å². The largest absolute Gasteiger partial charge is 0.327 e. The predicted octanol–water partition coefficient (Wildman–Crippen LogP) is 0.0856. The molecule has 0 radical (unpaired) electrons. The number of nitrogens with two attached hydrogens (primary N) is 1. The van der Waals surface area contributed by atoms with Gasteiger partial charge >= 0.3 is 0 Å². The van der Waals surface area contributed by atoms with Crippen molar-refractivity contribution in [2.75, 3.05) is 6.54 Å². The highest BCUT2D eigenvalue weighted by molar-refractivity contribution is 4.80. The van der Waals surface area contributed by atoms with Gasteiger partial charge in [0.25, 0.3) is 0 Å². The molecule has 0 amide bonds. The van der Waals surface area contributed by atoms with Gasteiger partial charge < -0.3 is 11.1 Å². The molecule has 0 spiro atoms. The molecule has 2 nitrogen and oxygen atoms in total. The number of hydrogen-bond acceptors (Lipinski definition) is 2. The summed E-state index contributed by atoms with van der Waals surface area (Å²) < 4.78 is 0. The van der Waals surface area contributed by atoms with Crippen molar-refractivity contribution in [3.63, 3.8) is 0 Å². The van der Waals surface area contributed by atoms with Gasteiger partial charge in [-0.1, -0.05) is 0 Å². The molecule has 2 heteroatoms. The van der Waals surface area contributed by atoms with Gasteiger partial charge in [0.1, 0.15) is 0 Å². The fourth-order valence-corrected chi connectivity index (χ4v) is 1.16. The average molecular weight is 114 g/mol. The summed E-state index contributed by atoms with van der Waals surface area (Å²) in [5.41, 5.74) is 5.64. The first-order valence-corrected chi connectivity index (χ1v) is 3.29. The van der Waals surface area contributed by atoms with Crippen molar-refractivity contribution in [2.24, 2.45) is 5.73 Å². The third-order valence-corrected chi connectivity index (χ3v) is 1.73. The molecule has 1 heterocycles. The molecular weight excluding hydrogens is 100 g/mol. The van der Waals surface area contributed by atoms with Crippen LogP contribution in [0.1, 0.15) is 19.8 Å². The SMILES string of the molecule is C[C@@H](N)[C@H]1CCCN1. The fraction of sp³-hybridized carbons (Fsp3) is 1.00. The Balaban J connectivity index is 2.24. The van der Waals surface area contributed by atoms with Crippen LogP contribution in [-0.4, -0.2) is 18.6 Å². The van der Waals surface area contributed by atoms with Gasteiger partial charge in [-0.2, -0.15) is 0 Å². The molecule has 0 unspecified atom stereocenters. The molecule has 2 atom stereocenters. The van der Waals surface area contributed by atoms with Crippen molar-refractivity contribution in [3.8, 4) is 0 Å². The lowest BCUT2D eigenvalue weighted by molar-refractivity contribution is 0.513. The molecule has 0 saturated carbocycles. The average Bonchev–Trinajstić information content (AvgIpc) is 2.12. The third kappa shape index (κ3) is 1.20. The Hall–Kier alpha value is -0.0800. The maximum absolute atomic E-state index is 5.64. The molecule has 1 aliphatic rings. The Labute approximate surface area is 50.4 Å². The van der Waals surface area contributed by atoms with Gasteiger partial charge in [0, 0.05) is 12.1 Å². The summed E-state index contributed by atoms with van der Waals surface area (Å²) in [6, 6.07) is 0.924. The summed E-state index contributed by atoms with van der Waals surface area (Å²) in [5.74, 6) is 0. The van der Waals surface area contributed by atoms with Gasteiger partial charge in [0.05, 0.1) is 0 Å². The maximum Gasteiger partial charge on any atom is 0.0216 e. The van der Waals surface area contributed by atoms with E-state index in [1.54, 1.807) is 0 Å². The van der Waals surface area contributed by atoms with Crippen LogP contribution in [0.3, 0.4) is 0 Å². The second-order valence-electron chi connectivity index (χ2n) is 2.56. The molecule has 1 rings (SSSR count). The van der Waals surface area contributed by atoms with Crippen LogP contribution < -0.4 is 11.1 Å². The Morgan fingerprint density at radius 3 is 2.75 bits per heavy atom. The van der Waals surface area contributed by atoms with E-state index in [4.69, 9.17) is 5.73 Å². The van der Waals surface area contributed by atoms with Crippen molar-refractivity contribution in [2.45, 2.75) is 31.8 Å². The van der Waals surface area contributed by atoms with Gasteiger partial charge in [-0.15, -0.1) is 0 Å². The Kier molecular flexibility index (Phi) is 1.86. The van der Waals surface area contributed by atoms with Crippen LogP contribution in [0.15, 0.2) is 0 Å². The molecule has 0 aromatic rings. The van der Waals surface area contributed by atoms with Gasteiger partial charge in [-0.25, -0.2) is 0 Å². The zero-order valence-corrected chi connectivity index (χ0v) is 5.35. The number of rotatable bonds is 1. The fourth-order valence-electron chi connectivity index (χ4n) is 1.16. The van der Waals surface area contributed by atoms with Crippen LogP contribution in [-0.2, 0) is 0 Å². The van der Waals surface area contributed by atoms with E-state index in [0.717, 1.165) is 6.54 Å². The summed E-state index contributed by atoms with van der Waals surface area (Å²) in [6.07, 6.45) is 2.56. The van der Waals surface area contributed by atoms with E-state index in [2.05, 4.69) is 12.2 Å². The first-order chi connectivity index (χ1) is 3.80. The van der Waals surface area contributed by atoms with Crippen molar-refractivity contribution < 1.29 is 0 Å². The van der Waals surface area contributed by atoms with Crippen LogP contribution >= 0.6 is 0 Å². The maximum atomic E-state index is 5.64. The summed E-state index contributed by atoms with van der Waals surface area (Å²) >= 11 is 0. The van der Waals surface area contributed by atoms with Gasteiger partial charge in [0.15, 0.2) is 0 Å². The van der Waals surface area contributed by atoms with Crippen LogP contribution in [0.25, 0.3) is 0 Å². The lowest BCUT2D eigenvalue weighted by atomic mass is 10.1. The molecule has 0 aromatic heterocycles. The first kappa shape index (κ1) is 6.05. The van der Waals surface area contributed by atoms with Crippen molar-refractivity contribution in [3.05, 3.63) is 0 Å². The normalized spacial score (nSPS) is 33.0. The number of nitrogens with one attached hydrogen (secondary N) is 1. The first-order valence-electron chi connectivity index (χ1n) is 3.29. The molecule has 0 aliphatic carbocycles. The molecule has 1 saturated heterocycles. The minimum Gasteiger partial charge on any atom is -0.327 e. The van der Waals surface area contributed by atoms with E-state index in [1.807, 2.05) is 0 Å².